The molecule has 0 saturated heterocycles. The van der Waals surface area contributed by atoms with Crippen LogP contribution in [-0.4, -0.2) is 6.04 Å². The van der Waals surface area contributed by atoms with Gasteiger partial charge in [0.25, 0.3) is 0 Å². The fourth-order valence-electron chi connectivity index (χ4n) is 1.43. The van der Waals surface area contributed by atoms with E-state index in [1.54, 1.807) is 0 Å². The van der Waals surface area contributed by atoms with Gasteiger partial charge in [0, 0.05) is 6.04 Å². The molecule has 0 radical (unpaired) electrons. The summed E-state index contributed by atoms with van der Waals surface area (Å²) in [5, 5.41) is 0. The molecule has 70 valence electrons. The summed E-state index contributed by atoms with van der Waals surface area (Å²) in [6.07, 6.45) is 3.11. The lowest BCUT2D eigenvalue weighted by Crippen LogP contribution is -2.11. The Bertz CT molecular complexity index is 272. The second-order valence-electron chi connectivity index (χ2n) is 3.53. The van der Waals surface area contributed by atoms with Gasteiger partial charge in [-0.2, -0.15) is 0 Å². The first-order chi connectivity index (χ1) is 6.18. The first-order valence-corrected chi connectivity index (χ1v) is 4.65. The molecule has 1 atom stereocenters. The van der Waals surface area contributed by atoms with Crippen LogP contribution in [0.1, 0.15) is 19.4 Å². The minimum atomic E-state index is 0.156. The van der Waals surface area contributed by atoms with Crippen LogP contribution in [0.3, 0.4) is 0 Å². The van der Waals surface area contributed by atoms with E-state index < -0.39 is 0 Å². The summed E-state index contributed by atoms with van der Waals surface area (Å²) in [5.41, 5.74) is 8.35. The molecule has 0 fully saturated rings. The zero-order valence-electron chi connectivity index (χ0n) is 8.33. The molecule has 0 amide bonds. The third kappa shape index (κ3) is 3.90. The summed E-state index contributed by atoms with van der Waals surface area (Å²) in [6, 6.07) is 10.6. The smallest absolute Gasteiger partial charge is 0.0197 e. The van der Waals surface area contributed by atoms with Crippen LogP contribution in [-0.2, 0) is 6.42 Å². The molecule has 0 aliphatic carbocycles. The number of benzene rings is 1. The van der Waals surface area contributed by atoms with Crippen molar-refractivity contribution < 1.29 is 0 Å². The van der Waals surface area contributed by atoms with Crippen molar-refractivity contribution in [1.82, 2.24) is 0 Å². The summed E-state index contributed by atoms with van der Waals surface area (Å²) < 4.78 is 0. The van der Waals surface area contributed by atoms with E-state index in [0.29, 0.717) is 0 Å². The summed E-state index contributed by atoms with van der Waals surface area (Å²) in [4.78, 5) is 0. The van der Waals surface area contributed by atoms with E-state index in [1.165, 1.54) is 11.1 Å². The van der Waals surface area contributed by atoms with E-state index in [9.17, 15) is 0 Å². The van der Waals surface area contributed by atoms with Crippen molar-refractivity contribution in [1.29, 1.82) is 0 Å². The van der Waals surface area contributed by atoms with Gasteiger partial charge in [-0.1, -0.05) is 42.0 Å². The Morgan fingerprint density at radius 1 is 1.38 bits per heavy atom. The largest absolute Gasteiger partial charge is 0.325 e. The van der Waals surface area contributed by atoms with Crippen molar-refractivity contribution in [2.45, 2.75) is 26.3 Å². The molecule has 1 aromatic rings. The predicted octanol–water partition coefficient (Wildman–Crippen LogP) is 2.52. The molecular weight excluding hydrogens is 158 g/mol. The molecule has 0 aliphatic rings. The van der Waals surface area contributed by atoms with Gasteiger partial charge in [0.1, 0.15) is 0 Å². The third-order valence-corrected chi connectivity index (χ3v) is 1.87. The average Bonchev–Trinajstić information content (AvgIpc) is 2.04. The van der Waals surface area contributed by atoms with Crippen LogP contribution in [0.4, 0.5) is 0 Å². The second-order valence-corrected chi connectivity index (χ2v) is 3.53. The fraction of sp³-hybridized carbons (Fsp3) is 0.333. The molecule has 1 heteroatoms. The van der Waals surface area contributed by atoms with Crippen LogP contribution in [0.2, 0.25) is 0 Å². The van der Waals surface area contributed by atoms with Gasteiger partial charge in [-0.3, -0.25) is 0 Å². The Morgan fingerprint density at radius 2 is 2.00 bits per heavy atom. The molecule has 0 bridgehead atoms. The SMILES string of the molecule is C/C(=C\C(C)N)Cc1ccccc1. The molecule has 0 spiro atoms. The maximum absolute atomic E-state index is 5.67. The molecule has 1 unspecified atom stereocenters. The van der Waals surface area contributed by atoms with Crippen molar-refractivity contribution in [3.63, 3.8) is 0 Å². The summed E-state index contributed by atoms with van der Waals surface area (Å²) in [5.74, 6) is 0. The minimum Gasteiger partial charge on any atom is -0.325 e. The molecule has 0 heterocycles. The van der Waals surface area contributed by atoms with E-state index in [-0.39, 0.29) is 6.04 Å². The predicted molar refractivity (Wildman–Crippen MR) is 57.6 cm³/mol. The quantitative estimate of drug-likeness (QED) is 0.702. The standard InChI is InChI=1S/C12H17N/c1-10(8-11(2)13)9-12-6-4-3-5-7-12/h3-8,11H,9,13H2,1-2H3/b10-8+. The Morgan fingerprint density at radius 3 is 2.54 bits per heavy atom. The Kier molecular flexibility index (Phi) is 3.71. The molecule has 1 nitrogen and oxygen atoms in total. The average molecular weight is 175 g/mol. The van der Waals surface area contributed by atoms with Crippen LogP contribution in [0.15, 0.2) is 42.0 Å². The minimum absolute atomic E-state index is 0.156. The van der Waals surface area contributed by atoms with Crippen LogP contribution in [0, 0.1) is 0 Å². The molecular formula is C12H17N. The summed E-state index contributed by atoms with van der Waals surface area (Å²) in [6.45, 7) is 4.12. The monoisotopic (exact) mass is 175 g/mol. The van der Waals surface area contributed by atoms with Gasteiger partial charge in [-0.25, -0.2) is 0 Å². The topological polar surface area (TPSA) is 26.0 Å². The van der Waals surface area contributed by atoms with Crippen LogP contribution < -0.4 is 5.73 Å². The van der Waals surface area contributed by atoms with Crippen LogP contribution >= 0.6 is 0 Å². The highest BCUT2D eigenvalue weighted by Gasteiger charge is 1.94. The maximum atomic E-state index is 5.67. The lowest BCUT2D eigenvalue weighted by molar-refractivity contribution is 0.904. The van der Waals surface area contributed by atoms with Crippen LogP contribution in [0.25, 0.3) is 0 Å². The van der Waals surface area contributed by atoms with E-state index >= 15 is 0 Å². The molecule has 1 rings (SSSR count). The van der Waals surface area contributed by atoms with Crippen molar-refractivity contribution >= 4 is 0 Å². The lowest BCUT2D eigenvalue weighted by Gasteiger charge is -2.03. The normalized spacial score (nSPS) is 14.2. The first kappa shape index (κ1) is 10.0. The zero-order valence-corrected chi connectivity index (χ0v) is 8.33. The van der Waals surface area contributed by atoms with E-state index in [2.05, 4.69) is 37.3 Å². The fourth-order valence-corrected chi connectivity index (χ4v) is 1.43. The van der Waals surface area contributed by atoms with Gasteiger partial charge < -0.3 is 5.73 Å². The van der Waals surface area contributed by atoms with E-state index in [4.69, 9.17) is 5.73 Å². The molecule has 13 heavy (non-hydrogen) atoms. The highest BCUT2D eigenvalue weighted by atomic mass is 14.6. The number of hydrogen-bond donors (Lipinski definition) is 1. The van der Waals surface area contributed by atoms with Crippen LogP contribution in [0.5, 0.6) is 0 Å². The number of rotatable bonds is 3. The lowest BCUT2D eigenvalue weighted by atomic mass is 10.1. The highest BCUT2D eigenvalue weighted by molar-refractivity contribution is 5.21. The van der Waals surface area contributed by atoms with Gasteiger partial charge in [0.05, 0.1) is 0 Å². The van der Waals surface area contributed by atoms with Crippen molar-refractivity contribution in [3.8, 4) is 0 Å². The second kappa shape index (κ2) is 4.83. The van der Waals surface area contributed by atoms with Crippen molar-refractivity contribution in [2.24, 2.45) is 5.73 Å². The molecule has 1 aromatic carbocycles. The summed E-state index contributed by atoms with van der Waals surface area (Å²) >= 11 is 0. The number of hydrogen-bond acceptors (Lipinski definition) is 1. The van der Waals surface area contributed by atoms with Gasteiger partial charge in [0.2, 0.25) is 0 Å². The van der Waals surface area contributed by atoms with Gasteiger partial charge in [0.15, 0.2) is 0 Å². The molecule has 0 saturated carbocycles. The van der Waals surface area contributed by atoms with Gasteiger partial charge in [-0.15, -0.1) is 0 Å². The van der Waals surface area contributed by atoms with Crippen molar-refractivity contribution in [2.75, 3.05) is 0 Å². The highest BCUT2D eigenvalue weighted by Crippen LogP contribution is 2.07. The molecule has 0 aliphatic heterocycles. The van der Waals surface area contributed by atoms with E-state index in [0.717, 1.165) is 6.42 Å². The molecule has 0 aromatic heterocycles. The Labute approximate surface area is 80.3 Å². The third-order valence-electron chi connectivity index (χ3n) is 1.87. The first-order valence-electron chi connectivity index (χ1n) is 4.65. The maximum Gasteiger partial charge on any atom is 0.0197 e. The number of allylic oxidation sites excluding steroid dienone is 1. The number of nitrogens with two attached hydrogens (primary N) is 1. The van der Waals surface area contributed by atoms with Crippen molar-refractivity contribution in [3.05, 3.63) is 47.5 Å². The van der Waals surface area contributed by atoms with Gasteiger partial charge in [-0.05, 0) is 25.8 Å². The zero-order chi connectivity index (χ0) is 9.68. The molecule has 2 N–H and O–H groups in total. The van der Waals surface area contributed by atoms with E-state index in [1.807, 2.05) is 13.0 Å². The Balaban J connectivity index is 2.60. The Hall–Kier alpha value is -1.08. The van der Waals surface area contributed by atoms with Gasteiger partial charge >= 0.3 is 0 Å². The summed E-state index contributed by atoms with van der Waals surface area (Å²) in [7, 11) is 0.